The van der Waals surface area contributed by atoms with Gasteiger partial charge in [-0.2, -0.15) is 0 Å². The van der Waals surface area contributed by atoms with E-state index in [1.165, 1.54) is 66.1 Å². The van der Waals surface area contributed by atoms with Gasteiger partial charge < -0.3 is 9.13 Å². The highest BCUT2D eigenvalue weighted by molar-refractivity contribution is 6.11. The zero-order chi connectivity index (χ0) is 25.1. The number of nitrogens with zero attached hydrogens (tertiary/aromatic N) is 2. The molecule has 2 aromatic heterocycles. The summed E-state index contributed by atoms with van der Waals surface area (Å²) in [6.45, 7) is 0. The minimum atomic E-state index is 0. The topological polar surface area (TPSA) is 9.86 Å². The van der Waals surface area contributed by atoms with Gasteiger partial charge in [0.15, 0.2) is 0 Å². The maximum absolute atomic E-state index is 2.42. The van der Waals surface area contributed by atoms with Crippen LogP contribution in [0.1, 0.15) is 14.3 Å². The first-order valence-corrected chi connectivity index (χ1v) is 13.1. The molecule has 6 aromatic carbocycles. The van der Waals surface area contributed by atoms with Crippen LogP contribution in [-0.2, 0) is 0 Å². The summed E-state index contributed by atoms with van der Waals surface area (Å²) < 4.78 is 4.84. The second-order valence-electron chi connectivity index (χ2n) is 9.77. The Morgan fingerprint density at radius 1 is 0.289 bits per heavy atom. The molecule has 2 nitrogen and oxygen atoms in total. The molecule has 0 amide bonds. The minimum Gasteiger partial charge on any atom is -0.309 e. The summed E-state index contributed by atoms with van der Waals surface area (Å²) in [5.74, 6) is 0. The number of aromatic nitrogens is 2. The average molecular weight is 505 g/mol. The summed E-state index contributed by atoms with van der Waals surface area (Å²) in [6, 6.07) is 52.4. The summed E-state index contributed by atoms with van der Waals surface area (Å²) in [5, 5.41) is 5.09. The van der Waals surface area contributed by atoms with Crippen molar-refractivity contribution in [2.24, 2.45) is 0 Å². The molecule has 2 heterocycles. The van der Waals surface area contributed by atoms with Crippen LogP contribution in [0.2, 0.25) is 0 Å². The number of hydrogen-bond acceptors (Lipinski definition) is 0. The van der Waals surface area contributed by atoms with Crippen LogP contribution in [0, 0.1) is 0 Å². The molecule has 0 aliphatic heterocycles. The van der Waals surface area contributed by atoms with Gasteiger partial charge in [0, 0.05) is 46.9 Å². The summed E-state index contributed by atoms with van der Waals surface area (Å²) >= 11 is 0. The molecule has 38 heavy (non-hydrogen) atoms. The van der Waals surface area contributed by atoms with Crippen molar-refractivity contribution in [3.8, 4) is 22.5 Å². The highest BCUT2D eigenvalue weighted by Gasteiger charge is 2.19. The predicted octanol–water partition coefficient (Wildman–Crippen LogP) is 12.0. The predicted molar refractivity (Wildman–Crippen MR) is 182 cm³/mol. The van der Waals surface area contributed by atoms with E-state index in [-0.39, 0.29) is 14.3 Å². The van der Waals surface area contributed by atoms with E-state index in [1.807, 2.05) is 0 Å². The Hall–Kier alpha value is -5.08. The van der Waals surface area contributed by atoms with Crippen molar-refractivity contribution >= 4 is 43.6 Å². The molecule has 0 aliphatic carbocycles. The highest BCUT2D eigenvalue weighted by atomic mass is 15.0. The number of rotatable bonds is 3. The molecule has 0 atom stereocenters. The van der Waals surface area contributed by atoms with Crippen molar-refractivity contribution in [2.75, 3.05) is 0 Å². The van der Waals surface area contributed by atoms with Crippen molar-refractivity contribution in [2.45, 2.75) is 0 Å². The highest BCUT2D eigenvalue weighted by Crippen LogP contribution is 2.40. The molecule has 0 bridgehead atoms. The first kappa shape index (κ1) is 21.0. The Labute approximate surface area is 235 Å². The van der Waals surface area contributed by atoms with Crippen LogP contribution in [-0.4, -0.2) is 9.13 Å². The Balaban J connectivity index is -0.00000202. The lowest BCUT2D eigenvalue weighted by atomic mass is 10.0. The monoisotopic (exact) mass is 504 g/mol. The number of hydrogen-bond donors (Lipinski definition) is 0. The molecule has 0 fully saturated rings. The molecule has 2 heteroatoms. The van der Waals surface area contributed by atoms with Crippen molar-refractivity contribution in [1.29, 1.82) is 0 Å². The van der Waals surface area contributed by atoms with Gasteiger partial charge in [-0.1, -0.05) is 109 Å². The van der Waals surface area contributed by atoms with Crippen LogP contribution < -0.4 is 0 Å². The van der Waals surface area contributed by atoms with Crippen LogP contribution in [0.3, 0.4) is 0 Å². The van der Waals surface area contributed by atoms with E-state index in [1.54, 1.807) is 0 Å². The largest absolute Gasteiger partial charge is 0.309 e. The fourth-order valence-electron chi connectivity index (χ4n) is 6.16. The van der Waals surface area contributed by atoms with Crippen LogP contribution in [0.5, 0.6) is 0 Å². The second kappa shape index (κ2) is 8.22. The van der Waals surface area contributed by atoms with Crippen molar-refractivity contribution in [3.63, 3.8) is 0 Å². The molecule has 0 unspecified atom stereocenters. The standard InChI is InChI=1S/C36H24N2.10H2/c1-7-19-31-25(13-1)26-14-2-8-20-32(26)37(31)35-23-11-5-17-29(35)30-18-6-12-24-36(30)38-33-21-9-3-15-27(33)28-16-4-10-22-34(28)38;;;;;;;;;;/h1-24H;10*1H. The van der Waals surface area contributed by atoms with Crippen LogP contribution in [0.25, 0.3) is 66.1 Å². The average Bonchev–Trinajstić information content (AvgIpc) is 3.50. The van der Waals surface area contributed by atoms with E-state index in [2.05, 4.69) is 155 Å². The fourth-order valence-corrected chi connectivity index (χ4v) is 6.16. The lowest BCUT2D eigenvalue weighted by molar-refractivity contribution is 1.16. The zero-order valence-corrected chi connectivity index (χ0v) is 20.8. The molecule has 198 valence electrons. The molecule has 0 aliphatic rings. The molecule has 0 saturated carbocycles. The third kappa shape index (κ3) is 2.95. The minimum absolute atomic E-state index is 0. The smallest absolute Gasteiger partial charge is 0.0541 e. The molecule has 8 aromatic rings. The summed E-state index contributed by atoms with van der Waals surface area (Å²) in [6.07, 6.45) is 0. The Kier molecular flexibility index (Phi) is 4.55. The summed E-state index contributed by atoms with van der Waals surface area (Å²) in [4.78, 5) is 0. The molecule has 0 saturated heterocycles. The molecule has 0 radical (unpaired) electrons. The van der Waals surface area contributed by atoms with E-state index < -0.39 is 0 Å². The first-order valence-electron chi connectivity index (χ1n) is 13.1. The van der Waals surface area contributed by atoms with Gasteiger partial charge in [0.25, 0.3) is 0 Å². The van der Waals surface area contributed by atoms with Crippen molar-refractivity contribution < 1.29 is 14.3 Å². The first-order chi connectivity index (χ1) is 18.9. The summed E-state index contributed by atoms with van der Waals surface area (Å²) in [7, 11) is 0. The van der Waals surface area contributed by atoms with Crippen molar-refractivity contribution in [1.82, 2.24) is 9.13 Å². The van der Waals surface area contributed by atoms with E-state index in [0.29, 0.717) is 0 Å². The zero-order valence-electron chi connectivity index (χ0n) is 20.8. The Bertz CT molecular complexity index is 1910. The third-order valence-electron chi connectivity index (χ3n) is 7.74. The van der Waals surface area contributed by atoms with E-state index in [9.17, 15) is 0 Å². The summed E-state index contributed by atoms with van der Waals surface area (Å²) in [5.41, 5.74) is 9.64. The third-order valence-corrected chi connectivity index (χ3v) is 7.74. The fraction of sp³-hybridized carbons (Fsp3) is 0. The maximum atomic E-state index is 2.42. The van der Waals surface area contributed by atoms with Gasteiger partial charge in [-0.25, -0.2) is 0 Å². The normalized spacial score (nSPS) is 11.7. The van der Waals surface area contributed by atoms with Gasteiger partial charge in [0.05, 0.1) is 33.4 Å². The maximum Gasteiger partial charge on any atom is 0.0541 e. The number of benzene rings is 6. The van der Waals surface area contributed by atoms with Crippen molar-refractivity contribution in [3.05, 3.63) is 146 Å². The molecule has 8 rings (SSSR count). The Morgan fingerprint density at radius 3 is 0.895 bits per heavy atom. The quantitative estimate of drug-likeness (QED) is 0.226. The van der Waals surface area contributed by atoms with Crippen LogP contribution in [0.15, 0.2) is 146 Å². The lowest BCUT2D eigenvalue weighted by Gasteiger charge is -2.18. The lowest BCUT2D eigenvalue weighted by Crippen LogP contribution is -2.01. The molecule has 0 spiro atoms. The molecular formula is C36H44N2. The molecular weight excluding hydrogens is 460 g/mol. The Morgan fingerprint density at radius 2 is 0.553 bits per heavy atom. The second-order valence-corrected chi connectivity index (χ2v) is 9.77. The van der Waals surface area contributed by atoms with Gasteiger partial charge in [-0.3, -0.25) is 0 Å². The number of fused-ring (bicyclic) bond motifs is 6. The SMILES string of the molecule is [HH].[HH].[HH].[HH].[HH].[HH].[HH].[HH].[HH].[HH].c1ccc(-n2c3ccccc3c3ccccc32)c(-c2ccccc2-n2c3ccccc3c3ccccc32)c1. The van der Waals surface area contributed by atoms with Gasteiger partial charge in [-0.05, 0) is 36.4 Å². The molecule has 0 N–H and O–H groups in total. The van der Waals surface area contributed by atoms with E-state index in [4.69, 9.17) is 0 Å². The van der Waals surface area contributed by atoms with Gasteiger partial charge in [0.1, 0.15) is 0 Å². The number of para-hydroxylation sites is 6. The van der Waals surface area contributed by atoms with Gasteiger partial charge >= 0.3 is 0 Å². The van der Waals surface area contributed by atoms with E-state index in [0.717, 1.165) is 0 Å². The van der Waals surface area contributed by atoms with Crippen LogP contribution >= 0.6 is 0 Å². The van der Waals surface area contributed by atoms with Crippen LogP contribution in [0.4, 0.5) is 0 Å². The van der Waals surface area contributed by atoms with E-state index >= 15 is 0 Å². The van der Waals surface area contributed by atoms with Gasteiger partial charge in [0.2, 0.25) is 0 Å². The van der Waals surface area contributed by atoms with Gasteiger partial charge in [-0.15, -0.1) is 0 Å².